The van der Waals surface area contributed by atoms with E-state index in [1.54, 1.807) is 26.2 Å². The Morgan fingerprint density at radius 2 is 1.82 bits per heavy atom. The van der Waals surface area contributed by atoms with Gasteiger partial charge in [0.2, 0.25) is 0 Å². The lowest BCUT2D eigenvalue weighted by Gasteiger charge is -2.29. The van der Waals surface area contributed by atoms with Crippen molar-refractivity contribution in [2.24, 2.45) is 0 Å². The molecule has 3 rings (SSSR count). The molecule has 2 aromatic rings. The number of para-hydroxylation sites is 1. The molecule has 28 heavy (non-hydrogen) atoms. The molecule has 0 saturated carbocycles. The molecule has 1 saturated heterocycles. The van der Waals surface area contributed by atoms with Crippen molar-refractivity contribution in [2.45, 2.75) is 31.9 Å². The van der Waals surface area contributed by atoms with Crippen LogP contribution < -0.4 is 14.8 Å². The van der Waals surface area contributed by atoms with Crippen molar-refractivity contribution in [2.75, 3.05) is 26.7 Å². The molecule has 150 valence electrons. The second-order valence-electron chi connectivity index (χ2n) is 6.97. The van der Waals surface area contributed by atoms with E-state index in [2.05, 4.69) is 22.3 Å². The number of nitrogens with one attached hydrogen (secondary N) is 1. The number of hydrogen-bond acceptors (Lipinski definition) is 4. The van der Waals surface area contributed by atoms with Crippen molar-refractivity contribution in [3.8, 4) is 11.5 Å². The first-order valence-electron chi connectivity index (χ1n) is 9.65. The molecule has 2 aromatic carbocycles. The molecular formula is C22H27ClN2O3. The minimum Gasteiger partial charge on any atom is -0.497 e. The van der Waals surface area contributed by atoms with Crippen LogP contribution in [0, 0.1) is 0 Å². The summed E-state index contributed by atoms with van der Waals surface area (Å²) in [7, 11) is 1.66. The molecule has 0 aliphatic carbocycles. The van der Waals surface area contributed by atoms with E-state index in [9.17, 15) is 4.79 Å². The summed E-state index contributed by atoms with van der Waals surface area (Å²) in [6, 6.07) is 15.4. The quantitative estimate of drug-likeness (QED) is 0.723. The lowest BCUT2D eigenvalue weighted by molar-refractivity contribution is -0.127. The number of amides is 1. The molecule has 0 bridgehead atoms. The van der Waals surface area contributed by atoms with Crippen molar-refractivity contribution < 1.29 is 14.3 Å². The maximum atomic E-state index is 12.6. The Balaban J connectivity index is 1.63. The van der Waals surface area contributed by atoms with Crippen LogP contribution in [0.4, 0.5) is 0 Å². The summed E-state index contributed by atoms with van der Waals surface area (Å²) in [5, 5.41) is 3.54. The Hall–Kier alpha value is -2.24. The average molecular weight is 403 g/mol. The van der Waals surface area contributed by atoms with Gasteiger partial charge >= 0.3 is 0 Å². The van der Waals surface area contributed by atoms with Gasteiger partial charge < -0.3 is 14.8 Å². The number of ether oxygens (including phenoxy) is 2. The number of carbonyl (C=O) groups is 1. The van der Waals surface area contributed by atoms with Crippen LogP contribution in [-0.2, 0) is 4.79 Å². The van der Waals surface area contributed by atoms with E-state index in [1.165, 1.54) is 18.4 Å². The zero-order valence-electron chi connectivity index (χ0n) is 16.4. The van der Waals surface area contributed by atoms with Gasteiger partial charge in [0.1, 0.15) is 11.5 Å². The largest absolute Gasteiger partial charge is 0.497 e. The first-order chi connectivity index (χ1) is 13.6. The van der Waals surface area contributed by atoms with Crippen LogP contribution in [0.5, 0.6) is 11.5 Å². The van der Waals surface area contributed by atoms with Gasteiger partial charge in [-0.1, -0.05) is 35.9 Å². The Labute approximate surface area is 171 Å². The van der Waals surface area contributed by atoms with Gasteiger partial charge in [-0.05, 0) is 62.7 Å². The average Bonchev–Trinajstić information content (AvgIpc) is 3.24. The van der Waals surface area contributed by atoms with Gasteiger partial charge in [-0.2, -0.15) is 0 Å². The number of rotatable bonds is 8. The van der Waals surface area contributed by atoms with E-state index in [1.807, 2.05) is 24.3 Å². The molecule has 1 aliphatic rings. The van der Waals surface area contributed by atoms with Crippen LogP contribution in [0.2, 0.25) is 5.02 Å². The van der Waals surface area contributed by atoms with Gasteiger partial charge in [0.05, 0.1) is 18.2 Å². The summed E-state index contributed by atoms with van der Waals surface area (Å²) in [6.45, 7) is 4.34. The van der Waals surface area contributed by atoms with Gasteiger partial charge in [0.25, 0.3) is 5.91 Å². The maximum Gasteiger partial charge on any atom is 0.260 e. The van der Waals surface area contributed by atoms with E-state index >= 15 is 0 Å². The molecule has 0 aromatic heterocycles. The molecule has 1 heterocycles. The van der Waals surface area contributed by atoms with Gasteiger partial charge in [0, 0.05) is 6.54 Å². The molecule has 2 atom stereocenters. The van der Waals surface area contributed by atoms with Crippen molar-refractivity contribution in [3.63, 3.8) is 0 Å². The molecule has 1 N–H and O–H groups in total. The highest BCUT2D eigenvalue weighted by Crippen LogP contribution is 2.27. The van der Waals surface area contributed by atoms with Gasteiger partial charge in [-0.3, -0.25) is 9.69 Å². The maximum absolute atomic E-state index is 12.6. The minimum absolute atomic E-state index is 0.130. The monoisotopic (exact) mass is 402 g/mol. The molecule has 1 amide bonds. The Kier molecular flexibility index (Phi) is 7.18. The van der Waals surface area contributed by atoms with E-state index in [-0.39, 0.29) is 11.9 Å². The smallest absolute Gasteiger partial charge is 0.260 e. The van der Waals surface area contributed by atoms with E-state index in [0.717, 1.165) is 18.8 Å². The molecule has 0 radical (unpaired) electrons. The van der Waals surface area contributed by atoms with Crippen LogP contribution in [0.15, 0.2) is 48.5 Å². The summed E-state index contributed by atoms with van der Waals surface area (Å²) < 4.78 is 11.0. The fourth-order valence-corrected chi connectivity index (χ4v) is 3.64. The van der Waals surface area contributed by atoms with Crippen molar-refractivity contribution in [3.05, 3.63) is 59.1 Å². The Morgan fingerprint density at radius 1 is 1.14 bits per heavy atom. The van der Waals surface area contributed by atoms with E-state index in [0.29, 0.717) is 17.3 Å². The zero-order chi connectivity index (χ0) is 19.9. The number of hydrogen-bond donors (Lipinski definition) is 1. The number of nitrogens with zero attached hydrogens (tertiary/aromatic N) is 1. The van der Waals surface area contributed by atoms with Crippen LogP contribution >= 0.6 is 11.6 Å². The number of carbonyl (C=O) groups excluding carboxylic acids is 1. The number of halogens is 1. The number of methoxy groups -OCH3 is 1. The fraction of sp³-hybridized carbons (Fsp3) is 0.409. The van der Waals surface area contributed by atoms with E-state index < -0.39 is 6.10 Å². The molecule has 0 spiro atoms. The second kappa shape index (κ2) is 9.80. The highest BCUT2D eigenvalue weighted by Gasteiger charge is 2.25. The predicted octanol–water partition coefficient (Wildman–Crippen LogP) is 4.07. The van der Waals surface area contributed by atoms with Crippen molar-refractivity contribution in [1.29, 1.82) is 0 Å². The highest BCUT2D eigenvalue weighted by atomic mass is 35.5. The summed E-state index contributed by atoms with van der Waals surface area (Å²) in [5.41, 5.74) is 1.17. The van der Waals surface area contributed by atoms with Crippen LogP contribution in [-0.4, -0.2) is 43.7 Å². The van der Waals surface area contributed by atoms with Crippen LogP contribution in [0.1, 0.15) is 31.4 Å². The highest BCUT2D eigenvalue weighted by molar-refractivity contribution is 6.32. The summed E-state index contributed by atoms with van der Waals surface area (Å²) in [5.74, 6) is 1.19. The Bertz CT molecular complexity index is 776. The molecule has 5 nitrogen and oxygen atoms in total. The molecule has 6 heteroatoms. The molecule has 1 aliphatic heterocycles. The summed E-state index contributed by atoms with van der Waals surface area (Å²) in [6.07, 6.45) is 1.74. The minimum atomic E-state index is -0.630. The first-order valence-corrected chi connectivity index (χ1v) is 10.0. The summed E-state index contributed by atoms with van der Waals surface area (Å²) >= 11 is 6.12. The lowest BCUT2D eigenvalue weighted by atomic mass is 10.1. The zero-order valence-corrected chi connectivity index (χ0v) is 17.1. The van der Waals surface area contributed by atoms with E-state index in [4.69, 9.17) is 21.1 Å². The third kappa shape index (κ3) is 5.18. The standard InChI is InChI=1S/C22H27ClN2O3/c1-16(28-21-8-4-3-7-19(21)23)22(26)24-15-20(25-13-5-6-14-25)17-9-11-18(27-2)12-10-17/h3-4,7-12,16,20H,5-6,13-15H2,1-2H3,(H,24,26)/t16-,20-/m0/s1. The lowest BCUT2D eigenvalue weighted by Crippen LogP contribution is -2.42. The molecular weight excluding hydrogens is 376 g/mol. The fourth-order valence-electron chi connectivity index (χ4n) is 3.46. The summed E-state index contributed by atoms with van der Waals surface area (Å²) in [4.78, 5) is 15.0. The SMILES string of the molecule is COc1ccc([C@H](CNC(=O)[C@H](C)Oc2ccccc2Cl)N2CCCC2)cc1. The topological polar surface area (TPSA) is 50.8 Å². The first kappa shape index (κ1) is 20.5. The predicted molar refractivity (Wildman–Crippen MR) is 111 cm³/mol. The molecule has 1 fully saturated rings. The number of benzene rings is 2. The van der Waals surface area contributed by atoms with Crippen molar-refractivity contribution >= 4 is 17.5 Å². The van der Waals surface area contributed by atoms with Crippen molar-refractivity contribution in [1.82, 2.24) is 10.2 Å². The van der Waals surface area contributed by atoms with Gasteiger partial charge in [-0.15, -0.1) is 0 Å². The number of likely N-dealkylation sites (tertiary alicyclic amines) is 1. The normalized spacial score (nSPS) is 16.4. The Morgan fingerprint density at radius 3 is 2.46 bits per heavy atom. The third-order valence-electron chi connectivity index (χ3n) is 5.06. The van der Waals surface area contributed by atoms with Crippen LogP contribution in [0.25, 0.3) is 0 Å². The van der Waals surface area contributed by atoms with Gasteiger partial charge in [0.15, 0.2) is 6.10 Å². The molecule has 0 unspecified atom stereocenters. The van der Waals surface area contributed by atoms with Gasteiger partial charge in [-0.25, -0.2) is 0 Å². The second-order valence-corrected chi connectivity index (χ2v) is 7.37. The third-order valence-corrected chi connectivity index (χ3v) is 5.37. The van der Waals surface area contributed by atoms with Crippen LogP contribution in [0.3, 0.4) is 0 Å².